The van der Waals surface area contributed by atoms with Crippen LogP contribution in [-0.2, 0) is 7.80 Å². The average Bonchev–Trinajstić information content (AvgIpc) is 2.90. The van der Waals surface area contributed by atoms with E-state index in [4.69, 9.17) is 7.80 Å². The van der Waals surface area contributed by atoms with Crippen LogP contribution in [0, 0.1) is 5.41 Å². The molecule has 1 aliphatic carbocycles. The lowest BCUT2D eigenvalue weighted by molar-refractivity contribution is -0.0119. The minimum absolute atomic E-state index is 0.479. The maximum atomic E-state index is 5.43. The largest absolute Gasteiger partial charge is 0.379 e. The molecule has 1 heterocycles. The van der Waals surface area contributed by atoms with E-state index < -0.39 is 0 Å². The van der Waals surface area contributed by atoms with Crippen molar-refractivity contribution < 1.29 is 7.80 Å². The molecule has 4 heteroatoms. The number of nitrogens with zero attached hydrogens (tertiary/aromatic N) is 1. The van der Waals surface area contributed by atoms with Gasteiger partial charge in [-0.05, 0) is 19.8 Å². The summed E-state index contributed by atoms with van der Waals surface area (Å²) in [5, 5.41) is 0. The van der Waals surface area contributed by atoms with Gasteiger partial charge in [-0.25, -0.2) is 0 Å². The molecule has 2 fully saturated rings. The van der Waals surface area contributed by atoms with E-state index in [1.807, 2.05) is 23.0 Å². The highest BCUT2D eigenvalue weighted by atomic mass is 127. The Balaban J connectivity index is 1.83. The Labute approximate surface area is 99.8 Å². The summed E-state index contributed by atoms with van der Waals surface area (Å²) in [4.78, 5) is 2.55. The lowest BCUT2D eigenvalue weighted by Gasteiger charge is -2.35. The topological polar surface area (TPSA) is 21.7 Å². The summed E-state index contributed by atoms with van der Waals surface area (Å²) in [6, 6.07) is 0.579. The average molecular weight is 311 g/mol. The fourth-order valence-electron chi connectivity index (χ4n) is 2.07. The molecule has 0 unspecified atom stereocenters. The minimum Gasteiger partial charge on any atom is -0.379 e. The Morgan fingerprint density at radius 2 is 2.36 bits per heavy atom. The molecule has 0 radical (unpaired) electrons. The van der Waals surface area contributed by atoms with E-state index in [0.29, 0.717) is 11.5 Å². The van der Waals surface area contributed by atoms with Gasteiger partial charge in [-0.15, -0.1) is 0 Å². The number of hydrogen-bond acceptors (Lipinski definition) is 3. The molecule has 0 aromatic carbocycles. The molecule has 14 heavy (non-hydrogen) atoms. The van der Waals surface area contributed by atoms with Gasteiger partial charge in [-0.1, -0.05) is 0 Å². The Bertz CT molecular complexity index is 197. The van der Waals surface area contributed by atoms with Crippen molar-refractivity contribution in [2.24, 2.45) is 5.41 Å². The van der Waals surface area contributed by atoms with Crippen LogP contribution in [0.5, 0.6) is 0 Å². The van der Waals surface area contributed by atoms with Crippen LogP contribution in [0.2, 0.25) is 0 Å². The standard InChI is InChI=1S/C10H18INO2/c1-9-6-13-5-4-12(9)7-10(2-3-10)8-14-11/h9H,2-8H2,1H3/t9-/m1/s1. The molecule has 0 amide bonds. The zero-order valence-corrected chi connectivity index (χ0v) is 10.8. The smallest absolute Gasteiger partial charge is 0.109 e. The third kappa shape index (κ3) is 2.59. The third-order valence-electron chi connectivity index (χ3n) is 3.36. The van der Waals surface area contributed by atoms with E-state index in [2.05, 4.69) is 11.8 Å². The highest BCUT2D eigenvalue weighted by Crippen LogP contribution is 2.47. The molecule has 0 aromatic rings. The zero-order chi connectivity index (χ0) is 10.0. The first kappa shape index (κ1) is 11.1. The van der Waals surface area contributed by atoms with E-state index in [9.17, 15) is 0 Å². The molecule has 0 N–H and O–H groups in total. The molecule has 0 bridgehead atoms. The first-order chi connectivity index (χ1) is 6.76. The second kappa shape index (κ2) is 4.63. The van der Waals surface area contributed by atoms with E-state index >= 15 is 0 Å². The molecule has 82 valence electrons. The van der Waals surface area contributed by atoms with Crippen LogP contribution >= 0.6 is 23.0 Å². The van der Waals surface area contributed by atoms with E-state index in [1.54, 1.807) is 0 Å². The molecular weight excluding hydrogens is 293 g/mol. The molecule has 1 aliphatic heterocycles. The second-order valence-corrected chi connectivity index (χ2v) is 5.27. The predicted molar refractivity (Wildman–Crippen MR) is 63.5 cm³/mol. The first-order valence-corrected chi connectivity index (χ1v) is 6.19. The van der Waals surface area contributed by atoms with Crippen LogP contribution in [0.25, 0.3) is 0 Å². The van der Waals surface area contributed by atoms with Gasteiger partial charge in [0, 0.05) is 24.5 Å². The maximum absolute atomic E-state index is 5.43. The van der Waals surface area contributed by atoms with Gasteiger partial charge in [0.25, 0.3) is 0 Å². The van der Waals surface area contributed by atoms with Gasteiger partial charge in [0.15, 0.2) is 0 Å². The fraction of sp³-hybridized carbons (Fsp3) is 1.00. The van der Waals surface area contributed by atoms with Crippen molar-refractivity contribution in [1.29, 1.82) is 0 Å². The van der Waals surface area contributed by atoms with E-state index in [-0.39, 0.29) is 0 Å². The number of hydrogen-bond donors (Lipinski definition) is 0. The summed E-state index contributed by atoms with van der Waals surface area (Å²) in [5.74, 6) is 0. The fourth-order valence-corrected chi connectivity index (χ4v) is 2.73. The summed E-state index contributed by atoms with van der Waals surface area (Å²) in [7, 11) is 0. The summed E-state index contributed by atoms with van der Waals surface area (Å²) in [6.07, 6.45) is 2.67. The van der Waals surface area contributed by atoms with Gasteiger partial charge in [-0.2, -0.15) is 0 Å². The van der Waals surface area contributed by atoms with E-state index in [0.717, 1.165) is 26.4 Å². The number of ether oxygens (including phenoxy) is 1. The van der Waals surface area contributed by atoms with E-state index in [1.165, 1.54) is 19.4 Å². The van der Waals surface area contributed by atoms with Crippen molar-refractivity contribution in [1.82, 2.24) is 4.90 Å². The second-order valence-electron chi connectivity index (χ2n) is 4.65. The van der Waals surface area contributed by atoms with Crippen LogP contribution in [-0.4, -0.2) is 43.9 Å². The lowest BCUT2D eigenvalue weighted by atomic mass is 10.1. The molecule has 2 aliphatic rings. The summed E-state index contributed by atoms with van der Waals surface area (Å²) in [5.41, 5.74) is 0.479. The number of rotatable bonds is 4. The summed E-state index contributed by atoms with van der Waals surface area (Å²) < 4.78 is 10.7. The molecule has 2 rings (SSSR count). The minimum atomic E-state index is 0.479. The van der Waals surface area contributed by atoms with Crippen LogP contribution in [0.4, 0.5) is 0 Å². The molecule has 1 saturated heterocycles. The Kier molecular flexibility index (Phi) is 3.68. The highest BCUT2D eigenvalue weighted by molar-refractivity contribution is 14.1. The predicted octanol–water partition coefficient (Wildman–Crippen LogP) is 1.85. The van der Waals surface area contributed by atoms with Gasteiger partial charge in [0.05, 0.1) is 19.8 Å². The van der Waals surface area contributed by atoms with Crippen molar-refractivity contribution in [3.05, 3.63) is 0 Å². The molecule has 0 aromatic heterocycles. The Morgan fingerprint density at radius 1 is 1.57 bits per heavy atom. The molecular formula is C10H18INO2. The normalized spacial score (nSPS) is 31.7. The zero-order valence-electron chi connectivity index (χ0n) is 8.67. The van der Waals surface area contributed by atoms with Crippen molar-refractivity contribution in [2.45, 2.75) is 25.8 Å². The molecule has 1 saturated carbocycles. The highest BCUT2D eigenvalue weighted by Gasteiger charge is 2.45. The SMILES string of the molecule is C[C@@H]1COCCN1CC1(COI)CC1. The molecule has 0 spiro atoms. The maximum Gasteiger partial charge on any atom is 0.109 e. The van der Waals surface area contributed by atoms with Crippen molar-refractivity contribution in [3.8, 4) is 0 Å². The van der Waals surface area contributed by atoms with Crippen molar-refractivity contribution in [3.63, 3.8) is 0 Å². The summed E-state index contributed by atoms with van der Waals surface area (Å²) >= 11 is 2.01. The third-order valence-corrected chi connectivity index (χ3v) is 3.67. The van der Waals surface area contributed by atoms with Gasteiger partial charge in [-0.3, -0.25) is 4.90 Å². The van der Waals surface area contributed by atoms with Crippen LogP contribution < -0.4 is 0 Å². The monoisotopic (exact) mass is 311 g/mol. The molecule has 1 atom stereocenters. The summed E-state index contributed by atoms with van der Waals surface area (Å²) in [6.45, 7) is 7.23. The number of morpholine rings is 1. The van der Waals surface area contributed by atoms with Crippen LogP contribution in [0.1, 0.15) is 19.8 Å². The Hall–Kier alpha value is 0.610. The van der Waals surface area contributed by atoms with Gasteiger partial charge in [0.2, 0.25) is 0 Å². The van der Waals surface area contributed by atoms with Crippen LogP contribution in [0.15, 0.2) is 0 Å². The lowest BCUT2D eigenvalue weighted by Crippen LogP contribution is -2.46. The van der Waals surface area contributed by atoms with Gasteiger partial charge in [0.1, 0.15) is 23.0 Å². The van der Waals surface area contributed by atoms with Crippen LogP contribution in [0.3, 0.4) is 0 Å². The van der Waals surface area contributed by atoms with Gasteiger partial charge < -0.3 is 7.80 Å². The first-order valence-electron chi connectivity index (χ1n) is 5.31. The van der Waals surface area contributed by atoms with Gasteiger partial charge >= 0.3 is 0 Å². The Morgan fingerprint density at radius 3 is 2.93 bits per heavy atom. The van der Waals surface area contributed by atoms with Crippen molar-refractivity contribution in [2.75, 3.05) is 32.9 Å². The molecule has 3 nitrogen and oxygen atoms in total. The quantitative estimate of drug-likeness (QED) is 0.740. The van der Waals surface area contributed by atoms with Crippen molar-refractivity contribution >= 4 is 23.0 Å². The number of halogens is 1.